The van der Waals surface area contributed by atoms with E-state index in [0.717, 1.165) is 35.3 Å². The van der Waals surface area contributed by atoms with E-state index in [4.69, 9.17) is 4.98 Å². The van der Waals surface area contributed by atoms with Crippen molar-refractivity contribution in [2.24, 2.45) is 0 Å². The van der Waals surface area contributed by atoms with Crippen LogP contribution in [0.25, 0.3) is 16.9 Å². The highest BCUT2D eigenvalue weighted by molar-refractivity contribution is 6.06. The molecule has 0 N–H and O–H groups in total. The summed E-state index contributed by atoms with van der Waals surface area (Å²) in [6, 6.07) is 7.69. The Labute approximate surface area is 152 Å². The van der Waals surface area contributed by atoms with Gasteiger partial charge in [-0.2, -0.15) is 9.78 Å². The first-order valence-corrected chi connectivity index (χ1v) is 9.25. The van der Waals surface area contributed by atoms with Gasteiger partial charge in [-0.3, -0.25) is 4.79 Å². The SMILES string of the molecule is CCN(CC)C(=O)c1cc(C2CC2)nc2c1c(C)nn2-c1ccccn1. The molecule has 3 heterocycles. The van der Waals surface area contributed by atoms with Crippen LogP contribution in [0.1, 0.15) is 54.4 Å². The Balaban J connectivity index is 1.97. The Hall–Kier alpha value is -2.76. The zero-order valence-electron chi connectivity index (χ0n) is 15.4. The first-order valence-electron chi connectivity index (χ1n) is 9.25. The fraction of sp³-hybridized carbons (Fsp3) is 0.400. The van der Waals surface area contributed by atoms with Crippen LogP contribution >= 0.6 is 0 Å². The summed E-state index contributed by atoms with van der Waals surface area (Å²) in [5.74, 6) is 1.22. The van der Waals surface area contributed by atoms with Crippen LogP contribution in [0.2, 0.25) is 0 Å². The molecule has 6 nitrogen and oxygen atoms in total. The summed E-state index contributed by atoms with van der Waals surface area (Å²) in [6.45, 7) is 7.31. The maximum absolute atomic E-state index is 13.2. The first kappa shape index (κ1) is 16.7. The lowest BCUT2D eigenvalue weighted by Gasteiger charge is -2.19. The Morgan fingerprint density at radius 1 is 1.27 bits per heavy atom. The number of pyridine rings is 2. The van der Waals surface area contributed by atoms with E-state index in [1.54, 1.807) is 10.9 Å². The molecule has 0 aliphatic heterocycles. The van der Waals surface area contributed by atoms with Crippen molar-refractivity contribution in [2.75, 3.05) is 13.1 Å². The number of carbonyl (C=O) groups is 1. The van der Waals surface area contributed by atoms with Gasteiger partial charge in [-0.05, 0) is 51.8 Å². The number of aryl methyl sites for hydroxylation is 1. The largest absolute Gasteiger partial charge is 0.339 e. The summed E-state index contributed by atoms with van der Waals surface area (Å²) in [6.07, 6.45) is 4.01. The van der Waals surface area contributed by atoms with Crippen LogP contribution in [0.4, 0.5) is 0 Å². The van der Waals surface area contributed by atoms with Gasteiger partial charge in [-0.1, -0.05) is 6.07 Å². The number of amides is 1. The number of carbonyl (C=O) groups excluding carboxylic acids is 1. The Morgan fingerprint density at radius 3 is 2.65 bits per heavy atom. The third-order valence-corrected chi connectivity index (χ3v) is 4.98. The van der Waals surface area contributed by atoms with Crippen molar-refractivity contribution in [3.05, 3.63) is 47.4 Å². The maximum Gasteiger partial charge on any atom is 0.254 e. The predicted octanol–water partition coefficient (Wildman–Crippen LogP) is 3.48. The summed E-state index contributed by atoms with van der Waals surface area (Å²) >= 11 is 0. The average molecular weight is 349 g/mol. The summed E-state index contributed by atoms with van der Waals surface area (Å²) < 4.78 is 1.76. The van der Waals surface area contributed by atoms with E-state index in [1.807, 2.05) is 49.9 Å². The third-order valence-electron chi connectivity index (χ3n) is 4.98. The number of hydrogen-bond donors (Lipinski definition) is 0. The lowest BCUT2D eigenvalue weighted by Crippen LogP contribution is -2.30. The van der Waals surface area contributed by atoms with E-state index in [1.165, 1.54) is 0 Å². The molecule has 1 fully saturated rings. The van der Waals surface area contributed by atoms with E-state index >= 15 is 0 Å². The first-order chi connectivity index (χ1) is 12.6. The minimum absolute atomic E-state index is 0.0490. The summed E-state index contributed by atoms with van der Waals surface area (Å²) in [4.78, 5) is 24.3. The standard InChI is InChI=1S/C20H23N5O/c1-4-24(5-2)20(26)15-12-16(14-9-10-14)22-19-18(15)13(3)23-25(19)17-8-6-7-11-21-17/h6-8,11-12,14H,4-5,9-10H2,1-3H3. The molecule has 1 amide bonds. The van der Waals surface area contributed by atoms with Gasteiger partial charge in [0.2, 0.25) is 0 Å². The number of hydrogen-bond acceptors (Lipinski definition) is 4. The van der Waals surface area contributed by atoms with E-state index < -0.39 is 0 Å². The van der Waals surface area contributed by atoms with Gasteiger partial charge in [-0.25, -0.2) is 9.97 Å². The molecule has 4 rings (SSSR count). The lowest BCUT2D eigenvalue weighted by molar-refractivity contribution is 0.0774. The third kappa shape index (κ3) is 2.75. The Morgan fingerprint density at radius 2 is 2.04 bits per heavy atom. The molecule has 3 aromatic rings. The topological polar surface area (TPSA) is 63.9 Å². The van der Waals surface area contributed by atoms with E-state index in [0.29, 0.717) is 30.4 Å². The molecular formula is C20H23N5O. The molecule has 0 radical (unpaired) electrons. The molecule has 0 bridgehead atoms. The molecule has 3 aromatic heterocycles. The maximum atomic E-state index is 13.2. The van der Waals surface area contributed by atoms with Crippen molar-refractivity contribution in [1.29, 1.82) is 0 Å². The average Bonchev–Trinajstić information content (AvgIpc) is 3.47. The van der Waals surface area contributed by atoms with Gasteiger partial charge in [0.05, 0.1) is 16.6 Å². The van der Waals surface area contributed by atoms with Crippen molar-refractivity contribution in [3.63, 3.8) is 0 Å². The van der Waals surface area contributed by atoms with Crippen LogP contribution in [0.3, 0.4) is 0 Å². The van der Waals surface area contributed by atoms with Crippen LogP contribution in [0.15, 0.2) is 30.5 Å². The Bertz CT molecular complexity index is 955. The molecule has 0 spiro atoms. The van der Waals surface area contributed by atoms with Gasteiger partial charge in [0.1, 0.15) is 0 Å². The molecule has 26 heavy (non-hydrogen) atoms. The molecule has 0 saturated heterocycles. The second kappa shape index (κ2) is 6.52. The zero-order chi connectivity index (χ0) is 18.3. The van der Waals surface area contributed by atoms with Crippen LogP contribution in [0, 0.1) is 6.92 Å². The number of rotatable bonds is 5. The van der Waals surface area contributed by atoms with Crippen LogP contribution < -0.4 is 0 Å². The van der Waals surface area contributed by atoms with Crippen LogP contribution in [-0.4, -0.2) is 43.6 Å². The smallest absolute Gasteiger partial charge is 0.254 e. The fourth-order valence-corrected chi connectivity index (χ4v) is 3.39. The monoisotopic (exact) mass is 349 g/mol. The molecule has 1 aliphatic carbocycles. The number of aromatic nitrogens is 4. The van der Waals surface area contributed by atoms with E-state index in [-0.39, 0.29) is 5.91 Å². The minimum Gasteiger partial charge on any atom is -0.339 e. The molecular weight excluding hydrogens is 326 g/mol. The molecule has 0 atom stereocenters. The predicted molar refractivity (Wildman–Crippen MR) is 101 cm³/mol. The second-order valence-electron chi connectivity index (χ2n) is 6.73. The summed E-state index contributed by atoms with van der Waals surface area (Å²) in [5, 5.41) is 5.49. The highest BCUT2D eigenvalue weighted by Gasteiger charge is 2.29. The van der Waals surface area contributed by atoms with Crippen molar-refractivity contribution >= 4 is 16.9 Å². The van der Waals surface area contributed by atoms with Gasteiger partial charge in [0.15, 0.2) is 11.5 Å². The van der Waals surface area contributed by atoms with Crippen molar-refractivity contribution in [2.45, 2.75) is 39.5 Å². The van der Waals surface area contributed by atoms with E-state index in [9.17, 15) is 4.79 Å². The molecule has 0 unspecified atom stereocenters. The highest BCUT2D eigenvalue weighted by Crippen LogP contribution is 2.40. The van der Waals surface area contributed by atoms with Crippen LogP contribution in [0.5, 0.6) is 0 Å². The van der Waals surface area contributed by atoms with Gasteiger partial charge >= 0.3 is 0 Å². The lowest BCUT2D eigenvalue weighted by atomic mass is 10.1. The molecule has 1 saturated carbocycles. The van der Waals surface area contributed by atoms with Gasteiger partial charge in [0, 0.05) is 30.9 Å². The summed E-state index contributed by atoms with van der Waals surface area (Å²) in [7, 11) is 0. The van der Waals surface area contributed by atoms with Crippen molar-refractivity contribution < 1.29 is 4.79 Å². The van der Waals surface area contributed by atoms with Crippen molar-refractivity contribution in [3.8, 4) is 5.82 Å². The minimum atomic E-state index is 0.0490. The highest BCUT2D eigenvalue weighted by atomic mass is 16.2. The van der Waals surface area contributed by atoms with Gasteiger partial charge < -0.3 is 4.90 Å². The van der Waals surface area contributed by atoms with Crippen LogP contribution in [-0.2, 0) is 0 Å². The number of fused-ring (bicyclic) bond motifs is 1. The summed E-state index contributed by atoms with van der Waals surface area (Å²) in [5.41, 5.74) is 3.22. The Kier molecular flexibility index (Phi) is 4.18. The molecule has 1 aliphatic rings. The molecule has 0 aromatic carbocycles. The quantitative estimate of drug-likeness (QED) is 0.707. The second-order valence-corrected chi connectivity index (χ2v) is 6.73. The van der Waals surface area contributed by atoms with E-state index in [2.05, 4.69) is 10.1 Å². The number of nitrogens with zero attached hydrogens (tertiary/aromatic N) is 5. The normalized spacial score (nSPS) is 14.0. The molecule has 134 valence electrons. The molecule has 6 heteroatoms. The fourth-order valence-electron chi connectivity index (χ4n) is 3.39. The zero-order valence-corrected chi connectivity index (χ0v) is 15.4. The van der Waals surface area contributed by atoms with Gasteiger partial charge in [-0.15, -0.1) is 0 Å². The van der Waals surface area contributed by atoms with Gasteiger partial charge in [0.25, 0.3) is 5.91 Å². The van der Waals surface area contributed by atoms with Crippen molar-refractivity contribution in [1.82, 2.24) is 24.6 Å².